The highest BCUT2D eigenvalue weighted by Gasteiger charge is 2.14. The van der Waals surface area contributed by atoms with Crippen LogP contribution in [0.25, 0.3) is 11.3 Å². The molecule has 0 fully saturated rings. The van der Waals surface area contributed by atoms with Gasteiger partial charge in [0.1, 0.15) is 6.54 Å². The summed E-state index contributed by atoms with van der Waals surface area (Å²) in [5.41, 5.74) is 1.41. The summed E-state index contributed by atoms with van der Waals surface area (Å²) in [7, 11) is 0. The van der Waals surface area contributed by atoms with Gasteiger partial charge in [-0.3, -0.25) is 9.59 Å². The zero-order chi connectivity index (χ0) is 20.2. The van der Waals surface area contributed by atoms with E-state index in [2.05, 4.69) is 10.4 Å². The first-order valence-electron chi connectivity index (χ1n) is 9.13. The second-order valence-corrected chi connectivity index (χ2v) is 6.86. The fraction of sp³-hybridized carbons (Fsp3) is 0.190. The number of hydrogen-bond acceptors (Lipinski definition) is 5. The van der Waals surface area contributed by atoms with E-state index in [9.17, 15) is 9.59 Å². The third-order valence-corrected chi connectivity index (χ3v) is 4.68. The quantitative estimate of drug-likeness (QED) is 0.711. The lowest BCUT2D eigenvalue weighted by Crippen LogP contribution is -2.29. The molecule has 0 atom stereocenters. The van der Waals surface area contributed by atoms with E-state index in [1.54, 1.807) is 30.3 Å². The van der Waals surface area contributed by atoms with Crippen molar-refractivity contribution in [2.75, 3.05) is 18.5 Å². The Kier molecular flexibility index (Phi) is 5.48. The number of carbonyl (C=O) groups is 1. The molecule has 3 aromatic rings. The van der Waals surface area contributed by atoms with Crippen molar-refractivity contribution in [1.82, 2.24) is 9.78 Å². The van der Waals surface area contributed by atoms with Crippen molar-refractivity contribution in [3.05, 3.63) is 70.0 Å². The molecule has 0 unspecified atom stereocenters. The van der Waals surface area contributed by atoms with Crippen LogP contribution in [0.3, 0.4) is 0 Å². The molecule has 1 aromatic heterocycles. The third kappa shape index (κ3) is 4.41. The van der Waals surface area contributed by atoms with Crippen LogP contribution in [0.2, 0.25) is 5.02 Å². The number of ether oxygens (including phenoxy) is 2. The molecule has 2 heterocycles. The number of nitrogens with zero attached hydrogens (tertiary/aromatic N) is 2. The molecule has 1 N–H and O–H groups in total. The van der Waals surface area contributed by atoms with Crippen LogP contribution >= 0.6 is 11.6 Å². The minimum Gasteiger partial charge on any atom is -0.490 e. The average Bonchev–Trinajstić information content (AvgIpc) is 2.96. The van der Waals surface area contributed by atoms with Gasteiger partial charge in [-0.05, 0) is 36.4 Å². The molecule has 4 rings (SSSR count). The number of carbonyl (C=O) groups excluding carboxylic acids is 1. The van der Waals surface area contributed by atoms with Crippen LogP contribution in [0.4, 0.5) is 5.69 Å². The highest BCUT2D eigenvalue weighted by atomic mass is 35.5. The number of amides is 1. The minimum atomic E-state index is -0.400. The first kappa shape index (κ1) is 19.0. The van der Waals surface area contributed by atoms with Gasteiger partial charge in [0, 0.05) is 18.1 Å². The molecule has 2 aromatic carbocycles. The number of para-hydroxylation sites is 1. The maximum Gasteiger partial charge on any atom is 0.267 e. The molecule has 1 aliphatic rings. The van der Waals surface area contributed by atoms with E-state index in [0.29, 0.717) is 41.1 Å². The Balaban J connectivity index is 1.56. The van der Waals surface area contributed by atoms with E-state index in [-0.39, 0.29) is 12.1 Å². The van der Waals surface area contributed by atoms with Gasteiger partial charge in [-0.1, -0.05) is 23.7 Å². The summed E-state index contributed by atoms with van der Waals surface area (Å²) in [6, 6.07) is 15.4. The van der Waals surface area contributed by atoms with Crippen molar-refractivity contribution in [3.63, 3.8) is 0 Å². The molecule has 0 spiro atoms. The maximum absolute atomic E-state index is 12.4. The van der Waals surface area contributed by atoms with Gasteiger partial charge >= 0.3 is 0 Å². The lowest BCUT2D eigenvalue weighted by atomic mass is 10.1. The Bertz CT molecular complexity index is 1110. The van der Waals surface area contributed by atoms with Gasteiger partial charge in [0.2, 0.25) is 5.91 Å². The zero-order valence-electron chi connectivity index (χ0n) is 15.4. The van der Waals surface area contributed by atoms with E-state index in [1.807, 2.05) is 18.2 Å². The van der Waals surface area contributed by atoms with Crippen molar-refractivity contribution >= 4 is 23.2 Å². The van der Waals surface area contributed by atoms with Crippen molar-refractivity contribution in [1.29, 1.82) is 0 Å². The third-order valence-electron chi connectivity index (χ3n) is 4.35. The second kappa shape index (κ2) is 8.36. The van der Waals surface area contributed by atoms with Gasteiger partial charge in [0.25, 0.3) is 5.56 Å². The van der Waals surface area contributed by atoms with E-state index < -0.39 is 5.91 Å². The summed E-state index contributed by atoms with van der Waals surface area (Å²) < 4.78 is 12.5. The number of aromatic nitrogens is 2. The summed E-state index contributed by atoms with van der Waals surface area (Å²) in [5.74, 6) is 0.915. The Morgan fingerprint density at radius 2 is 1.86 bits per heavy atom. The molecule has 7 nitrogen and oxygen atoms in total. The predicted octanol–water partition coefficient (Wildman–Crippen LogP) is 3.36. The van der Waals surface area contributed by atoms with E-state index >= 15 is 0 Å². The maximum atomic E-state index is 12.4. The number of benzene rings is 2. The van der Waals surface area contributed by atoms with Gasteiger partial charge in [-0.15, -0.1) is 0 Å². The van der Waals surface area contributed by atoms with E-state index in [0.717, 1.165) is 16.7 Å². The van der Waals surface area contributed by atoms with Crippen molar-refractivity contribution in [2.24, 2.45) is 0 Å². The topological polar surface area (TPSA) is 82.5 Å². The van der Waals surface area contributed by atoms with E-state index in [4.69, 9.17) is 21.1 Å². The highest BCUT2D eigenvalue weighted by Crippen LogP contribution is 2.33. The van der Waals surface area contributed by atoms with Crippen LogP contribution < -0.4 is 20.3 Å². The number of anilines is 1. The molecule has 0 bridgehead atoms. The Morgan fingerprint density at radius 1 is 1.07 bits per heavy atom. The van der Waals surface area contributed by atoms with Gasteiger partial charge < -0.3 is 14.8 Å². The molecule has 0 aliphatic carbocycles. The number of rotatable bonds is 4. The van der Waals surface area contributed by atoms with Gasteiger partial charge in [-0.2, -0.15) is 5.10 Å². The molecule has 1 amide bonds. The normalized spacial score (nSPS) is 12.9. The lowest BCUT2D eigenvalue weighted by molar-refractivity contribution is -0.117. The molecule has 0 saturated heterocycles. The Labute approximate surface area is 171 Å². The minimum absolute atomic E-state index is 0.234. The Hall–Kier alpha value is -3.32. The standard InChI is InChI=1S/C21H18ClN3O4/c22-15-4-1-2-5-17(15)23-20(26)13-25-21(27)9-7-16(24-25)14-6-8-18-19(12-14)29-11-3-10-28-18/h1-2,4-9,12H,3,10-11,13H2,(H,23,26). The van der Waals surface area contributed by atoms with Gasteiger partial charge in [0.05, 0.1) is 29.6 Å². The molecule has 8 heteroatoms. The highest BCUT2D eigenvalue weighted by molar-refractivity contribution is 6.33. The number of hydrogen-bond donors (Lipinski definition) is 1. The zero-order valence-corrected chi connectivity index (χ0v) is 16.2. The molecule has 29 heavy (non-hydrogen) atoms. The summed E-state index contributed by atoms with van der Waals surface area (Å²) in [6.45, 7) is 0.948. The van der Waals surface area contributed by atoms with Crippen LogP contribution in [-0.2, 0) is 11.3 Å². The van der Waals surface area contributed by atoms with Crippen molar-refractivity contribution in [2.45, 2.75) is 13.0 Å². The first-order valence-corrected chi connectivity index (χ1v) is 9.50. The lowest BCUT2D eigenvalue weighted by Gasteiger charge is -2.11. The van der Waals surface area contributed by atoms with Crippen molar-refractivity contribution < 1.29 is 14.3 Å². The Morgan fingerprint density at radius 3 is 2.69 bits per heavy atom. The fourth-order valence-electron chi connectivity index (χ4n) is 2.93. The smallest absolute Gasteiger partial charge is 0.267 e. The molecule has 0 saturated carbocycles. The number of halogens is 1. The molecule has 1 aliphatic heterocycles. The van der Waals surface area contributed by atoms with Crippen molar-refractivity contribution in [3.8, 4) is 22.8 Å². The molecule has 0 radical (unpaired) electrons. The van der Waals surface area contributed by atoms with Crippen LogP contribution in [-0.4, -0.2) is 28.9 Å². The average molecular weight is 412 g/mol. The number of fused-ring (bicyclic) bond motifs is 1. The summed E-state index contributed by atoms with van der Waals surface area (Å²) in [5, 5.41) is 7.44. The fourth-order valence-corrected chi connectivity index (χ4v) is 3.11. The van der Waals surface area contributed by atoms with Crippen LogP contribution in [0.15, 0.2) is 59.4 Å². The molecule has 148 valence electrons. The molecular formula is C21H18ClN3O4. The van der Waals surface area contributed by atoms with Crippen LogP contribution in [0, 0.1) is 0 Å². The van der Waals surface area contributed by atoms with Crippen LogP contribution in [0.1, 0.15) is 6.42 Å². The predicted molar refractivity (Wildman–Crippen MR) is 110 cm³/mol. The summed E-state index contributed by atoms with van der Waals surface area (Å²) in [4.78, 5) is 24.5. The first-order chi connectivity index (χ1) is 14.1. The van der Waals surface area contributed by atoms with Gasteiger partial charge in [-0.25, -0.2) is 4.68 Å². The molecular weight excluding hydrogens is 394 g/mol. The second-order valence-electron chi connectivity index (χ2n) is 6.45. The largest absolute Gasteiger partial charge is 0.490 e. The van der Waals surface area contributed by atoms with E-state index in [1.165, 1.54) is 6.07 Å². The van der Waals surface area contributed by atoms with Crippen LogP contribution in [0.5, 0.6) is 11.5 Å². The summed E-state index contributed by atoms with van der Waals surface area (Å²) in [6.07, 6.45) is 0.813. The number of nitrogens with one attached hydrogen (secondary N) is 1. The van der Waals surface area contributed by atoms with Gasteiger partial charge in [0.15, 0.2) is 11.5 Å². The monoisotopic (exact) mass is 411 g/mol. The SMILES string of the molecule is O=C(Cn1nc(-c2ccc3c(c2)OCCCO3)ccc1=O)Nc1ccccc1Cl. The summed E-state index contributed by atoms with van der Waals surface area (Å²) >= 11 is 6.06.